The summed E-state index contributed by atoms with van der Waals surface area (Å²) in [6, 6.07) is 18.3. The molecule has 0 bridgehead atoms. The zero-order valence-corrected chi connectivity index (χ0v) is 12.6. The smallest absolute Gasteiger partial charge is 0.340 e. The standard InChI is InChI=1S/C19H15NO3/c1-23-19(22)15-12-20-17(16(15)13-8-4-2-5-9-13)18(21)14-10-6-3-7-11-14/h2-12,20H,1H3. The number of H-pyrrole nitrogens is 1. The normalized spacial score (nSPS) is 10.3. The molecule has 0 saturated carbocycles. The van der Waals surface area contributed by atoms with Crippen molar-refractivity contribution < 1.29 is 14.3 Å². The third-order valence-corrected chi connectivity index (χ3v) is 3.61. The first-order valence-corrected chi connectivity index (χ1v) is 7.17. The molecule has 0 atom stereocenters. The van der Waals surface area contributed by atoms with Gasteiger partial charge in [0.05, 0.1) is 18.4 Å². The molecule has 0 aliphatic rings. The van der Waals surface area contributed by atoms with E-state index >= 15 is 0 Å². The minimum Gasteiger partial charge on any atom is -0.465 e. The summed E-state index contributed by atoms with van der Waals surface area (Å²) in [6.07, 6.45) is 1.52. The Morgan fingerprint density at radius 2 is 1.52 bits per heavy atom. The average molecular weight is 305 g/mol. The van der Waals surface area contributed by atoms with Crippen LogP contribution in [0.5, 0.6) is 0 Å². The van der Waals surface area contributed by atoms with Gasteiger partial charge in [-0.2, -0.15) is 0 Å². The first-order valence-electron chi connectivity index (χ1n) is 7.17. The van der Waals surface area contributed by atoms with Crippen molar-refractivity contribution in [1.82, 2.24) is 4.98 Å². The fraction of sp³-hybridized carbons (Fsp3) is 0.0526. The van der Waals surface area contributed by atoms with Crippen LogP contribution in [0.2, 0.25) is 0 Å². The van der Waals surface area contributed by atoms with E-state index in [0.29, 0.717) is 22.4 Å². The summed E-state index contributed by atoms with van der Waals surface area (Å²) in [6.45, 7) is 0. The summed E-state index contributed by atoms with van der Waals surface area (Å²) < 4.78 is 4.83. The molecule has 23 heavy (non-hydrogen) atoms. The predicted octanol–water partition coefficient (Wildman–Crippen LogP) is 3.70. The Morgan fingerprint density at radius 1 is 0.913 bits per heavy atom. The monoisotopic (exact) mass is 305 g/mol. The molecule has 3 rings (SSSR count). The molecule has 4 nitrogen and oxygen atoms in total. The van der Waals surface area contributed by atoms with Gasteiger partial charge in [-0.3, -0.25) is 4.79 Å². The van der Waals surface area contributed by atoms with E-state index in [1.165, 1.54) is 13.3 Å². The van der Waals surface area contributed by atoms with Crippen molar-refractivity contribution in [3.05, 3.63) is 83.7 Å². The van der Waals surface area contributed by atoms with Crippen LogP contribution >= 0.6 is 0 Å². The molecular formula is C19H15NO3. The number of aromatic nitrogens is 1. The van der Waals surface area contributed by atoms with Crippen LogP contribution in [-0.2, 0) is 4.74 Å². The fourth-order valence-electron chi connectivity index (χ4n) is 2.51. The van der Waals surface area contributed by atoms with Crippen molar-refractivity contribution in [2.75, 3.05) is 7.11 Å². The third-order valence-electron chi connectivity index (χ3n) is 3.61. The molecule has 2 aromatic carbocycles. The molecule has 0 radical (unpaired) electrons. The number of nitrogens with one attached hydrogen (secondary N) is 1. The van der Waals surface area contributed by atoms with E-state index < -0.39 is 5.97 Å². The second-order valence-electron chi connectivity index (χ2n) is 5.01. The van der Waals surface area contributed by atoms with Crippen molar-refractivity contribution in [2.24, 2.45) is 0 Å². The largest absolute Gasteiger partial charge is 0.465 e. The highest BCUT2D eigenvalue weighted by Crippen LogP contribution is 2.29. The number of methoxy groups -OCH3 is 1. The lowest BCUT2D eigenvalue weighted by Gasteiger charge is -2.07. The zero-order valence-electron chi connectivity index (χ0n) is 12.6. The Balaban J connectivity index is 2.17. The second-order valence-corrected chi connectivity index (χ2v) is 5.01. The highest BCUT2D eigenvalue weighted by molar-refractivity contribution is 6.14. The number of rotatable bonds is 4. The Hall–Kier alpha value is -3.14. The van der Waals surface area contributed by atoms with Crippen molar-refractivity contribution >= 4 is 11.8 Å². The first-order chi connectivity index (χ1) is 11.2. The van der Waals surface area contributed by atoms with Gasteiger partial charge in [0.1, 0.15) is 0 Å². The summed E-state index contributed by atoms with van der Waals surface area (Å²) in [5.41, 5.74) is 2.63. The van der Waals surface area contributed by atoms with Gasteiger partial charge >= 0.3 is 5.97 Å². The quantitative estimate of drug-likeness (QED) is 0.590. The third kappa shape index (κ3) is 2.79. The van der Waals surface area contributed by atoms with Crippen LogP contribution in [0.25, 0.3) is 11.1 Å². The predicted molar refractivity (Wildman–Crippen MR) is 87.4 cm³/mol. The fourth-order valence-corrected chi connectivity index (χ4v) is 2.51. The van der Waals surface area contributed by atoms with E-state index in [4.69, 9.17) is 4.74 Å². The molecule has 114 valence electrons. The molecule has 1 aromatic heterocycles. The van der Waals surface area contributed by atoms with E-state index in [1.54, 1.807) is 24.3 Å². The summed E-state index contributed by atoms with van der Waals surface area (Å²) >= 11 is 0. The van der Waals surface area contributed by atoms with Crippen LogP contribution in [0.15, 0.2) is 66.9 Å². The van der Waals surface area contributed by atoms with Crippen LogP contribution in [0.3, 0.4) is 0 Å². The van der Waals surface area contributed by atoms with Crippen molar-refractivity contribution in [3.63, 3.8) is 0 Å². The molecule has 0 aliphatic carbocycles. The molecule has 0 saturated heterocycles. The number of carbonyl (C=O) groups excluding carboxylic acids is 2. The second kappa shape index (κ2) is 6.32. The van der Waals surface area contributed by atoms with Crippen molar-refractivity contribution in [1.29, 1.82) is 0 Å². The van der Waals surface area contributed by atoms with Gasteiger partial charge in [0.2, 0.25) is 5.78 Å². The van der Waals surface area contributed by atoms with Crippen LogP contribution in [-0.4, -0.2) is 23.8 Å². The van der Waals surface area contributed by atoms with Gasteiger partial charge in [0, 0.05) is 17.3 Å². The molecule has 0 aliphatic heterocycles. The number of hydrogen-bond acceptors (Lipinski definition) is 3. The van der Waals surface area contributed by atoms with E-state index in [2.05, 4.69) is 4.98 Å². The molecule has 1 heterocycles. The lowest BCUT2D eigenvalue weighted by atomic mass is 9.97. The van der Waals surface area contributed by atoms with Gasteiger partial charge in [0.15, 0.2) is 0 Å². The summed E-state index contributed by atoms with van der Waals surface area (Å²) in [7, 11) is 1.32. The van der Waals surface area contributed by atoms with Gasteiger partial charge in [-0.15, -0.1) is 0 Å². The molecule has 4 heteroatoms. The number of benzene rings is 2. The SMILES string of the molecule is COC(=O)c1c[nH]c(C(=O)c2ccccc2)c1-c1ccccc1. The number of esters is 1. The van der Waals surface area contributed by atoms with Crippen LogP contribution < -0.4 is 0 Å². The van der Waals surface area contributed by atoms with Gasteiger partial charge in [-0.1, -0.05) is 60.7 Å². The van der Waals surface area contributed by atoms with Crippen LogP contribution in [0, 0.1) is 0 Å². The zero-order chi connectivity index (χ0) is 16.2. The van der Waals surface area contributed by atoms with Crippen LogP contribution in [0.1, 0.15) is 26.4 Å². The topological polar surface area (TPSA) is 59.2 Å². The van der Waals surface area contributed by atoms with Crippen molar-refractivity contribution in [3.8, 4) is 11.1 Å². The molecule has 0 amide bonds. The number of carbonyl (C=O) groups is 2. The highest BCUT2D eigenvalue weighted by atomic mass is 16.5. The average Bonchev–Trinajstić information content (AvgIpc) is 3.07. The van der Waals surface area contributed by atoms with Crippen LogP contribution in [0.4, 0.5) is 0 Å². The van der Waals surface area contributed by atoms with Gasteiger partial charge in [-0.05, 0) is 5.56 Å². The first kappa shape index (κ1) is 14.8. The minimum absolute atomic E-state index is 0.167. The van der Waals surface area contributed by atoms with Crippen molar-refractivity contribution in [2.45, 2.75) is 0 Å². The molecule has 0 spiro atoms. The van der Waals surface area contributed by atoms with E-state index in [-0.39, 0.29) is 5.78 Å². The summed E-state index contributed by atoms with van der Waals surface area (Å²) in [5.74, 6) is -0.646. The molecule has 0 fully saturated rings. The van der Waals surface area contributed by atoms with E-state index in [0.717, 1.165) is 5.56 Å². The summed E-state index contributed by atoms with van der Waals surface area (Å²) in [5, 5.41) is 0. The van der Waals surface area contributed by atoms with Gasteiger partial charge < -0.3 is 9.72 Å². The molecule has 3 aromatic rings. The highest BCUT2D eigenvalue weighted by Gasteiger charge is 2.23. The maximum absolute atomic E-state index is 12.8. The molecule has 0 unspecified atom stereocenters. The van der Waals surface area contributed by atoms with E-state index in [9.17, 15) is 9.59 Å². The number of hydrogen-bond donors (Lipinski definition) is 1. The maximum Gasteiger partial charge on any atom is 0.340 e. The minimum atomic E-state index is -0.479. The Kier molecular flexibility index (Phi) is 4.06. The van der Waals surface area contributed by atoms with Gasteiger partial charge in [0.25, 0.3) is 0 Å². The van der Waals surface area contributed by atoms with Gasteiger partial charge in [-0.25, -0.2) is 4.79 Å². The van der Waals surface area contributed by atoms with E-state index in [1.807, 2.05) is 36.4 Å². The number of aromatic amines is 1. The molecular weight excluding hydrogens is 290 g/mol. The Labute approximate surface area is 133 Å². The maximum atomic E-state index is 12.8. The lowest BCUT2D eigenvalue weighted by Crippen LogP contribution is -2.06. The molecule has 1 N–H and O–H groups in total. The summed E-state index contributed by atoms with van der Waals surface area (Å²) in [4.78, 5) is 27.7. The number of ether oxygens (including phenoxy) is 1. The lowest BCUT2D eigenvalue weighted by molar-refractivity contribution is 0.0602. The Morgan fingerprint density at radius 3 is 2.13 bits per heavy atom. The Bertz CT molecular complexity index is 836. The number of ketones is 1.